The first kappa shape index (κ1) is 13.5. The van der Waals surface area contributed by atoms with Gasteiger partial charge in [-0.05, 0) is 30.6 Å². The lowest BCUT2D eigenvalue weighted by atomic mass is 9.90. The summed E-state index contributed by atoms with van der Waals surface area (Å²) in [5, 5.41) is 10.1. The molecule has 2 rings (SSSR count). The minimum atomic E-state index is -0.827. The minimum absolute atomic E-state index is 0.731. The highest BCUT2D eigenvalue weighted by molar-refractivity contribution is 7.99. The van der Waals surface area contributed by atoms with Crippen LogP contribution < -0.4 is 5.73 Å². The van der Waals surface area contributed by atoms with Gasteiger partial charge in [-0.1, -0.05) is 43.2 Å². The van der Waals surface area contributed by atoms with E-state index in [9.17, 15) is 5.26 Å². The molecule has 1 saturated carbocycles. The molecule has 18 heavy (non-hydrogen) atoms. The molecule has 1 aromatic rings. The van der Waals surface area contributed by atoms with Crippen molar-refractivity contribution in [1.82, 2.24) is 0 Å². The van der Waals surface area contributed by atoms with E-state index in [0.29, 0.717) is 0 Å². The summed E-state index contributed by atoms with van der Waals surface area (Å²) in [5.74, 6) is 0.976. The van der Waals surface area contributed by atoms with Gasteiger partial charge >= 0.3 is 0 Å². The highest BCUT2D eigenvalue weighted by atomic mass is 32.2. The van der Waals surface area contributed by atoms with E-state index in [1.54, 1.807) is 0 Å². The van der Waals surface area contributed by atoms with E-state index in [4.69, 9.17) is 5.73 Å². The van der Waals surface area contributed by atoms with Gasteiger partial charge in [0.05, 0.1) is 6.07 Å². The molecule has 1 aromatic carbocycles. The lowest BCUT2D eigenvalue weighted by Crippen LogP contribution is -2.35. The Labute approximate surface area is 114 Å². The van der Waals surface area contributed by atoms with E-state index in [1.807, 2.05) is 42.1 Å². The van der Waals surface area contributed by atoms with Gasteiger partial charge in [-0.3, -0.25) is 0 Å². The SMILES string of the molecule is N#CC(N)(CCSC1CCCC1)c1ccccc1. The number of hydrogen-bond acceptors (Lipinski definition) is 3. The molecule has 0 aromatic heterocycles. The molecule has 1 aliphatic carbocycles. The van der Waals surface area contributed by atoms with Gasteiger partial charge in [0, 0.05) is 5.25 Å². The fraction of sp³-hybridized carbons (Fsp3) is 0.533. The van der Waals surface area contributed by atoms with Crippen LogP contribution in [-0.2, 0) is 5.54 Å². The number of nitrogens with zero attached hydrogens (tertiary/aromatic N) is 1. The minimum Gasteiger partial charge on any atom is -0.310 e. The number of hydrogen-bond donors (Lipinski definition) is 1. The van der Waals surface area contributed by atoms with Gasteiger partial charge in [0.15, 0.2) is 0 Å². The molecular weight excluding hydrogens is 240 g/mol. The van der Waals surface area contributed by atoms with Crippen LogP contribution in [0.2, 0.25) is 0 Å². The molecule has 2 nitrogen and oxygen atoms in total. The van der Waals surface area contributed by atoms with Gasteiger partial charge in [0.1, 0.15) is 5.54 Å². The average molecular weight is 260 g/mol. The topological polar surface area (TPSA) is 49.8 Å². The normalized spacial score (nSPS) is 19.3. The molecule has 0 bridgehead atoms. The molecular formula is C15H20N2S. The van der Waals surface area contributed by atoms with Crippen molar-refractivity contribution in [3.05, 3.63) is 35.9 Å². The van der Waals surface area contributed by atoms with Gasteiger partial charge in [0.2, 0.25) is 0 Å². The third-order valence-electron chi connectivity index (χ3n) is 3.64. The second kappa shape index (κ2) is 6.26. The molecule has 1 fully saturated rings. The maximum Gasteiger partial charge on any atom is 0.130 e. The monoisotopic (exact) mass is 260 g/mol. The van der Waals surface area contributed by atoms with E-state index < -0.39 is 5.54 Å². The highest BCUT2D eigenvalue weighted by Gasteiger charge is 2.27. The smallest absolute Gasteiger partial charge is 0.130 e. The molecule has 1 aliphatic rings. The summed E-state index contributed by atoms with van der Waals surface area (Å²) in [6.45, 7) is 0. The molecule has 3 heteroatoms. The van der Waals surface area contributed by atoms with Crippen LogP contribution in [0.5, 0.6) is 0 Å². The first-order chi connectivity index (χ1) is 8.74. The first-order valence-electron chi connectivity index (χ1n) is 6.62. The Hall–Kier alpha value is -0.980. The van der Waals surface area contributed by atoms with Crippen LogP contribution in [0.3, 0.4) is 0 Å². The van der Waals surface area contributed by atoms with Crippen molar-refractivity contribution in [2.24, 2.45) is 5.73 Å². The fourth-order valence-corrected chi connectivity index (χ4v) is 3.88. The Bertz CT molecular complexity index is 406. The predicted molar refractivity (Wildman–Crippen MR) is 77.3 cm³/mol. The van der Waals surface area contributed by atoms with Crippen molar-refractivity contribution in [1.29, 1.82) is 5.26 Å². The molecule has 0 heterocycles. The van der Waals surface area contributed by atoms with Crippen molar-refractivity contribution in [3.63, 3.8) is 0 Å². The highest BCUT2D eigenvalue weighted by Crippen LogP contribution is 2.32. The quantitative estimate of drug-likeness (QED) is 0.882. The number of nitrogens with two attached hydrogens (primary N) is 1. The van der Waals surface area contributed by atoms with Crippen LogP contribution >= 0.6 is 11.8 Å². The number of rotatable bonds is 5. The van der Waals surface area contributed by atoms with Crippen LogP contribution in [0.1, 0.15) is 37.7 Å². The van der Waals surface area contributed by atoms with Crippen molar-refractivity contribution in [2.45, 2.75) is 42.9 Å². The Kier molecular flexibility index (Phi) is 4.68. The van der Waals surface area contributed by atoms with Crippen molar-refractivity contribution in [3.8, 4) is 6.07 Å². The lowest BCUT2D eigenvalue weighted by molar-refractivity contribution is 0.559. The molecule has 2 N–H and O–H groups in total. The Morgan fingerprint density at radius 3 is 2.56 bits per heavy atom. The summed E-state index contributed by atoms with van der Waals surface area (Å²) in [4.78, 5) is 0. The summed E-state index contributed by atoms with van der Waals surface area (Å²) < 4.78 is 0. The fourth-order valence-electron chi connectivity index (χ4n) is 2.44. The molecule has 0 amide bonds. The third-order valence-corrected chi connectivity index (χ3v) is 5.02. The summed E-state index contributed by atoms with van der Waals surface area (Å²) in [6, 6.07) is 12.0. The zero-order valence-electron chi connectivity index (χ0n) is 10.6. The maximum atomic E-state index is 9.35. The second-order valence-corrected chi connectivity index (χ2v) is 6.38. The summed E-state index contributed by atoms with van der Waals surface area (Å²) in [6.07, 6.45) is 6.12. The van der Waals surface area contributed by atoms with Crippen LogP contribution in [0.15, 0.2) is 30.3 Å². The van der Waals surface area contributed by atoms with Crippen LogP contribution in [0, 0.1) is 11.3 Å². The molecule has 0 saturated heterocycles. The number of nitriles is 1. The predicted octanol–water partition coefficient (Wildman–Crippen LogP) is 3.43. The Morgan fingerprint density at radius 1 is 1.28 bits per heavy atom. The lowest BCUT2D eigenvalue weighted by Gasteiger charge is -2.22. The van der Waals surface area contributed by atoms with Crippen LogP contribution in [0.4, 0.5) is 0 Å². The van der Waals surface area contributed by atoms with Gasteiger partial charge < -0.3 is 5.73 Å². The Morgan fingerprint density at radius 2 is 1.94 bits per heavy atom. The maximum absolute atomic E-state index is 9.35. The van der Waals surface area contributed by atoms with Crippen LogP contribution in [0.25, 0.3) is 0 Å². The third kappa shape index (κ3) is 3.28. The largest absolute Gasteiger partial charge is 0.310 e. The second-order valence-electron chi connectivity index (χ2n) is 4.98. The first-order valence-corrected chi connectivity index (χ1v) is 7.67. The van der Waals surface area contributed by atoms with E-state index >= 15 is 0 Å². The van der Waals surface area contributed by atoms with Crippen molar-refractivity contribution in [2.75, 3.05) is 5.75 Å². The summed E-state index contributed by atoms with van der Waals surface area (Å²) in [7, 11) is 0. The zero-order valence-corrected chi connectivity index (χ0v) is 11.5. The van der Waals surface area contributed by atoms with E-state index in [0.717, 1.165) is 23.0 Å². The van der Waals surface area contributed by atoms with E-state index in [-0.39, 0.29) is 0 Å². The number of benzene rings is 1. The van der Waals surface area contributed by atoms with Gasteiger partial charge in [-0.25, -0.2) is 0 Å². The van der Waals surface area contributed by atoms with E-state index in [1.165, 1.54) is 25.7 Å². The van der Waals surface area contributed by atoms with Crippen LogP contribution in [-0.4, -0.2) is 11.0 Å². The molecule has 1 unspecified atom stereocenters. The Balaban J connectivity index is 1.90. The van der Waals surface area contributed by atoms with E-state index in [2.05, 4.69) is 6.07 Å². The number of thioether (sulfide) groups is 1. The molecule has 0 spiro atoms. The molecule has 1 atom stereocenters. The summed E-state index contributed by atoms with van der Waals surface area (Å²) >= 11 is 1.99. The standard InChI is InChI=1S/C15H20N2S/c16-12-15(17,13-6-2-1-3-7-13)10-11-18-14-8-4-5-9-14/h1-3,6-7,14H,4-5,8-11,17H2. The zero-order chi connectivity index (χ0) is 12.8. The van der Waals surface area contributed by atoms with Crippen molar-refractivity contribution >= 4 is 11.8 Å². The van der Waals surface area contributed by atoms with Gasteiger partial charge in [-0.2, -0.15) is 17.0 Å². The molecule has 0 radical (unpaired) electrons. The van der Waals surface area contributed by atoms with Gasteiger partial charge in [0.25, 0.3) is 0 Å². The van der Waals surface area contributed by atoms with Crippen molar-refractivity contribution < 1.29 is 0 Å². The summed E-state index contributed by atoms with van der Waals surface area (Å²) in [5.41, 5.74) is 6.33. The average Bonchev–Trinajstić information content (AvgIpc) is 2.93. The van der Waals surface area contributed by atoms with Gasteiger partial charge in [-0.15, -0.1) is 0 Å². The molecule has 0 aliphatic heterocycles. The molecule has 96 valence electrons.